The molecule has 1 fully saturated rings. The van der Waals surface area contributed by atoms with E-state index in [1.54, 1.807) is 19.0 Å². The predicted molar refractivity (Wildman–Crippen MR) is 103 cm³/mol. The summed E-state index contributed by atoms with van der Waals surface area (Å²) in [5.74, 6) is 0.339. The highest BCUT2D eigenvalue weighted by atomic mass is 16.2. The van der Waals surface area contributed by atoms with Crippen LogP contribution in [0.2, 0.25) is 0 Å². The Morgan fingerprint density at radius 2 is 1.81 bits per heavy atom. The van der Waals surface area contributed by atoms with Gasteiger partial charge in [0.25, 0.3) is 0 Å². The summed E-state index contributed by atoms with van der Waals surface area (Å²) in [6.45, 7) is 5.36. The lowest BCUT2D eigenvalue weighted by atomic mass is 9.94. The monoisotopic (exact) mass is 353 g/mol. The molecule has 1 aliphatic heterocycles. The Hall–Kier alpha value is -2.43. The van der Waals surface area contributed by atoms with Gasteiger partial charge in [-0.25, -0.2) is 0 Å². The number of para-hydroxylation sites is 1. The number of pyridine rings is 1. The van der Waals surface area contributed by atoms with Gasteiger partial charge in [-0.15, -0.1) is 0 Å². The average Bonchev–Trinajstić information content (AvgIpc) is 2.64. The van der Waals surface area contributed by atoms with Gasteiger partial charge >= 0.3 is 0 Å². The van der Waals surface area contributed by atoms with Gasteiger partial charge in [-0.3, -0.25) is 14.6 Å². The molecule has 5 nitrogen and oxygen atoms in total. The number of fused-ring (bicyclic) bond motifs is 1. The molecule has 1 aromatic carbocycles. The number of carbonyl (C=O) groups excluding carboxylic acids is 2. The zero-order chi connectivity index (χ0) is 18.8. The van der Waals surface area contributed by atoms with E-state index in [-0.39, 0.29) is 17.7 Å². The van der Waals surface area contributed by atoms with E-state index < -0.39 is 0 Å². The smallest absolute Gasteiger partial charge is 0.227 e. The first kappa shape index (κ1) is 18.4. The zero-order valence-electron chi connectivity index (χ0n) is 16.1. The number of likely N-dealkylation sites (tertiary alicyclic amines) is 1. The van der Waals surface area contributed by atoms with Crippen molar-refractivity contribution in [3.63, 3.8) is 0 Å². The lowest BCUT2D eigenvalue weighted by molar-refractivity contribution is -0.138. The standard InChI is InChI=1S/C21H27N3O2/c1-14-17-7-5-6-8-19(17)22-15(2)18(14)13-20(25)24-11-9-16(10-12-24)21(26)23(3)4/h5-8,16H,9-13H2,1-4H3. The number of nitrogens with zero attached hydrogens (tertiary/aromatic N) is 3. The Kier molecular flexibility index (Phi) is 5.25. The van der Waals surface area contributed by atoms with E-state index in [9.17, 15) is 9.59 Å². The van der Waals surface area contributed by atoms with Crippen LogP contribution in [0.15, 0.2) is 24.3 Å². The highest BCUT2D eigenvalue weighted by Crippen LogP contribution is 2.25. The lowest BCUT2D eigenvalue weighted by Gasteiger charge is -2.32. The molecular formula is C21H27N3O2. The van der Waals surface area contributed by atoms with Gasteiger partial charge in [0.15, 0.2) is 0 Å². The molecule has 5 heteroatoms. The van der Waals surface area contributed by atoms with Crippen molar-refractivity contribution in [1.82, 2.24) is 14.8 Å². The fourth-order valence-electron chi connectivity index (χ4n) is 3.83. The van der Waals surface area contributed by atoms with Crippen molar-refractivity contribution >= 4 is 22.7 Å². The van der Waals surface area contributed by atoms with Gasteiger partial charge in [0.2, 0.25) is 11.8 Å². The summed E-state index contributed by atoms with van der Waals surface area (Å²) in [7, 11) is 3.58. The van der Waals surface area contributed by atoms with Crippen LogP contribution in [-0.4, -0.2) is 53.8 Å². The van der Waals surface area contributed by atoms with Crippen LogP contribution in [0.4, 0.5) is 0 Å². The fraction of sp³-hybridized carbons (Fsp3) is 0.476. The number of aryl methyl sites for hydroxylation is 2. The normalized spacial score (nSPS) is 15.3. The number of amides is 2. The van der Waals surface area contributed by atoms with E-state index in [2.05, 4.69) is 18.0 Å². The van der Waals surface area contributed by atoms with Gasteiger partial charge in [-0.1, -0.05) is 18.2 Å². The summed E-state index contributed by atoms with van der Waals surface area (Å²) >= 11 is 0. The number of carbonyl (C=O) groups is 2. The van der Waals surface area contributed by atoms with Crippen LogP contribution in [0.5, 0.6) is 0 Å². The maximum absolute atomic E-state index is 12.8. The van der Waals surface area contributed by atoms with Gasteiger partial charge in [-0.05, 0) is 43.9 Å². The van der Waals surface area contributed by atoms with Crippen LogP contribution in [-0.2, 0) is 16.0 Å². The molecule has 0 saturated carbocycles. The van der Waals surface area contributed by atoms with Gasteiger partial charge in [0.05, 0.1) is 11.9 Å². The highest BCUT2D eigenvalue weighted by molar-refractivity contribution is 5.86. The fourth-order valence-corrected chi connectivity index (χ4v) is 3.83. The molecule has 0 atom stereocenters. The number of benzene rings is 1. The van der Waals surface area contributed by atoms with Crippen LogP contribution >= 0.6 is 0 Å². The van der Waals surface area contributed by atoms with Crippen LogP contribution in [0, 0.1) is 19.8 Å². The molecule has 2 amide bonds. The van der Waals surface area contributed by atoms with E-state index in [0.29, 0.717) is 19.5 Å². The number of rotatable bonds is 3. The molecule has 1 saturated heterocycles. The SMILES string of the molecule is Cc1nc2ccccc2c(C)c1CC(=O)N1CCC(C(=O)N(C)C)CC1. The van der Waals surface area contributed by atoms with Crippen LogP contribution < -0.4 is 0 Å². The Morgan fingerprint density at radius 3 is 2.46 bits per heavy atom. The highest BCUT2D eigenvalue weighted by Gasteiger charge is 2.28. The van der Waals surface area contributed by atoms with Crippen molar-refractivity contribution in [2.45, 2.75) is 33.1 Å². The first-order valence-corrected chi connectivity index (χ1v) is 9.22. The molecule has 1 aromatic heterocycles. The summed E-state index contributed by atoms with van der Waals surface area (Å²) in [6, 6.07) is 8.06. The Balaban J connectivity index is 1.71. The minimum atomic E-state index is 0.0415. The molecule has 26 heavy (non-hydrogen) atoms. The third-order valence-corrected chi connectivity index (χ3v) is 5.45. The molecule has 1 aliphatic rings. The van der Waals surface area contributed by atoms with E-state index in [1.807, 2.05) is 30.0 Å². The second kappa shape index (κ2) is 7.44. The minimum absolute atomic E-state index is 0.0415. The van der Waals surface area contributed by atoms with Crippen LogP contribution in [0.3, 0.4) is 0 Å². The number of piperidine rings is 1. The number of hydrogen-bond acceptors (Lipinski definition) is 3. The van der Waals surface area contributed by atoms with Crippen molar-refractivity contribution in [3.8, 4) is 0 Å². The lowest BCUT2D eigenvalue weighted by Crippen LogP contribution is -2.43. The third kappa shape index (κ3) is 3.57. The van der Waals surface area contributed by atoms with E-state index in [4.69, 9.17) is 0 Å². The van der Waals surface area contributed by atoms with Gasteiger partial charge in [0.1, 0.15) is 0 Å². The Bertz CT molecular complexity index is 837. The maximum atomic E-state index is 12.8. The second-order valence-corrected chi connectivity index (χ2v) is 7.38. The quantitative estimate of drug-likeness (QED) is 0.852. The Morgan fingerprint density at radius 1 is 1.15 bits per heavy atom. The summed E-state index contributed by atoms with van der Waals surface area (Å²) in [4.78, 5) is 33.1. The molecule has 138 valence electrons. The van der Waals surface area contributed by atoms with Crippen molar-refractivity contribution < 1.29 is 9.59 Å². The van der Waals surface area contributed by atoms with Gasteiger partial charge in [0, 0.05) is 44.2 Å². The number of aromatic nitrogens is 1. The van der Waals surface area contributed by atoms with Crippen LogP contribution in [0.25, 0.3) is 10.9 Å². The summed E-state index contributed by atoms with van der Waals surface area (Å²) in [5.41, 5.74) is 4.06. The first-order valence-electron chi connectivity index (χ1n) is 9.22. The van der Waals surface area contributed by atoms with Crippen LogP contribution in [0.1, 0.15) is 29.7 Å². The maximum Gasteiger partial charge on any atom is 0.227 e. The van der Waals surface area contributed by atoms with Gasteiger partial charge in [-0.2, -0.15) is 0 Å². The van der Waals surface area contributed by atoms with Crippen molar-refractivity contribution in [1.29, 1.82) is 0 Å². The average molecular weight is 353 g/mol. The van der Waals surface area contributed by atoms with E-state index in [0.717, 1.165) is 40.6 Å². The number of hydrogen-bond donors (Lipinski definition) is 0. The minimum Gasteiger partial charge on any atom is -0.349 e. The van der Waals surface area contributed by atoms with Gasteiger partial charge < -0.3 is 9.80 Å². The van der Waals surface area contributed by atoms with Crippen molar-refractivity contribution in [2.75, 3.05) is 27.2 Å². The van der Waals surface area contributed by atoms with Crippen molar-refractivity contribution in [3.05, 3.63) is 41.1 Å². The molecule has 0 unspecified atom stereocenters. The molecule has 2 heterocycles. The topological polar surface area (TPSA) is 53.5 Å². The second-order valence-electron chi connectivity index (χ2n) is 7.38. The summed E-state index contributed by atoms with van der Waals surface area (Å²) in [6.07, 6.45) is 1.87. The third-order valence-electron chi connectivity index (χ3n) is 5.45. The zero-order valence-corrected chi connectivity index (χ0v) is 16.1. The van der Waals surface area contributed by atoms with Crippen molar-refractivity contribution in [2.24, 2.45) is 5.92 Å². The molecule has 0 bridgehead atoms. The predicted octanol–water partition coefficient (Wildman–Crippen LogP) is 2.72. The molecular weight excluding hydrogens is 326 g/mol. The van der Waals surface area contributed by atoms with E-state index in [1.165, 1.54) is 0 Å². The molecule has 3 rings (SSSR count). The molecule has 0 aliphatic carbocycles. The Labute approximate surface area is 155 Å². The molecule has 2 aromatic rings. The first-order chi connectivity index (χ1) is 12.4. The molecule has 0 spiro atoms. The summed E-state index contributed by atoms with van der Waals surface area (Å²) < 4.78 is 0. The van der Waals surface area contributed by atoms with E-state index >= 15 is 0 Å². The summed E-state index contributed by atoms with van der Waals surface area (Å²) in [5, 5.41) is 1.11. The molecule has 0 radical (unpaired) electrons. The largest absolute Gasteiger partial charge is 0.349 e. The molecule has 0 N–H and O–H groups in total.